The Bertz CT molecular complexity index is 1480. The van der Waals surface area contributed by atoms with E-state index in [2.05, 4.69) is 5.16 Å². The van der Waals surface area contributed by atoms with Crippen molar-refractivity contribution in [2.75, 3.05) is 7.11 Å². The summed E-state index contributed by atoms with van der Waals surface area (Å²) in [6.45, 7) is 1.90. The summed E-state index contributed by atoms with van der Waals surface area (Å²) in [6, 6.07) is 24.9. The van der Waals surface area contributed by atoms with Crippen LogP contribution in [0.3, 0.4) is 0 Å². The minimum absolute atomic E-state index is 0.395. The van der Waals surface area contributed by atoms with Gasteiger partial charge in [-0.05, 0) is 30.2 Å². The van der Waals surface area contributed by atoms with Crippen LogP contribution in [0.1, 0.15) is 16.9 Å². The van der Waals surface area contributed by atoms with Crippen molar-refractivity contribution in [1.82, 2.24) is 0 Å². The Morgan fingerprint density at radius 2 is 1.61 bits per heavy atom. The van der Waals surface area contributed by atoms with Gasteiger partial charge in [0.15, 0.2) is 11.5 Å². The highest BCUT2D eigenvalue weighted by Gasteiger charge is 2.25. The van der Waals surface area contributed by atoms with Gasteiger partial charge in [0.05, 0.1) is 5.39 Å². The van der Waals surface area contributed by atoms with Crippen LogP contribution in [0.15, 0.2) is 97.6 Å². The number of fused-ring (bicyclic) bond motifs is 3. The molecule has 0 atom stereocenters. The van der Waals surface area contributed by atoms with Gasteiger partial charge in [-0.3, -0.25) is 0 Å². The third-order valence-corrected chi connectivity index (χ3v) is 5.28. The Hall–Kier alpha value is -4.12. The lowest BCUT2D eigenvalue weighted by Crippen LogP contribution is -2.04. The molecule has 2 heterocycles. The minimum atomic E-state index is -0.395. The fourth-order valence-electron chi connectivity index (χ4n) is 3.92. The molecule has 0 spiro atoms. The zero-order valence-corrected chi connectivity index (χ0v) is 17.1. The van der Waals surface area contributed by atoms with Crippen molar-refractivity contribution in [3.05, 3.63) is 106 Å². The summed E-state index contributed by atoms with van der Waals surface area (Å²) >= 11 is 0. The third-order valence-electron chi connectivity index (χ3n) is 5.28. The smallest absolute Gasteiger partial charge is 0.336 e. The highest BCUT2D eigenvalue weighted by molar-refractivity contribution is 6.21. The Balaban J connectivity index is 1.95. The maximum Gasteiger partial charge on any atom is 0.336 e. The molecule has 3 aromatic carbocycles. The standard InChI is InChI=1S/C26H19NO4/c1-16-15-21(28)31-25-19(16)13-14-20-23(25)22(17-9-5-3-6-10-17)26(30-20)24(27-29-2)18-11-7-4-8-12-18/h3-15H,1-2H3. The van der Waals surface area contributed by atoms with Crippen LogP contribution in [0.2, 0.25) is 0 Å². The summed E-state index contributed by atoms with van der Waals surface area (Å²) in [4.78, 5) is 17.4. The van der Waals surface area contributed by atoms with Crippen LogP contribution < -0.4 is 5.63 Å². The quantitative estimate of drug-likeness (QED) is 0.210. The highest BCUT2D eigenvalue weighted by atomic mass is 16.6. The maximum absolute atomic E-state index is 12.2. The maximum atomic E-state index is 12.2. The summed E-state index contributed by atoms with van der Waals surface area (Å²) in [6.07, 6.45) is 0. The highest BCUT2D eigenvalue weighted by Crippen LogP contribution is 2.40. The van der Waals surface area contributed by atoms with Crippen molar-refractivity contribution in [2.45, 2.75) is 6.92 Å². The van der Waals surface area contributed by atoms with E-state index < -0.39 is 5.63 Å². The number of hydrogen-bond acceptors (Lipinski definition) is 5. The molecule has 5 aromatic rings. The van der Waals surface area contributed by atoms with Crippen molar-refractivity contribution in [2.24, 2.45) is 5.16 Å². The van der Waals surface area contributed by atoms with Gasteiger partial charge in [0.25, 0.3) is 0 Å². The molecule has 0 N–H and O–H groups in total. The summed E-state index contributed by atoms with van der Waals surface area (Å²) in [5, 5.41) is 5.89. The molecule has 152 valence electrons. The number of oxime groups is 1. The molecule has 0 aliphatic heterocycles. The van der Waals surface area contributed by atoms with Crippen molar-refractivity contribution < 1.29 is 13.7 Å². The zero-order valence-electron chi connectivity index (χ0n) is 17.1. The molecule has 0 aliphatic carbocycles. The monoisotopic (exact) mass is 409 g/mol. The van der Waals surface area contributed by atoms with Gasteiger partial charge < -0.3 is 13.7 Å². The molecule has 0 unspecified atom stereocenters. The molecule has 2 aromatic heterocycles. The van der Waals surface area contributed by atoms with Crippen molar-refractivity contribution in [3.63, 3.8) is 0 Å². The van der Waals surface area contributed by atoms with Crippen LogP contribution in [-0.4, -0.2) is 12.8 Å². The van der Waals surface area contributed by atoms with Crippen molar-refractivity contribution in [3.8, 4) is 11.1 Å². The van der Waals surface area contributed by atoms with E-state index in [0.29, 0.717) is 22.6 Å². The van der Waals surface area contributed by atoms with Crippen LogP contribution in [-0.2, 0) is 4.84 Å². The lowest BCUT2D eigenvalue weighted by molar-refractivity contribution is 0.213. The SMILES string of the molecule is CON=C(c1ccccc1)c1oc2ccc3c(C)cc(=O)oc3c2c1-c1ccccc1. The summed E-state index contributed by atoms with van der Waals surface area (Å²) < 4.78 is 12.0. The lowest BCUT2D eigenvalue weighted by atomic mass is 9.96. The van der Waals surface area contributed by atoms with Gasteiger partial charge in [0, 0.05) is 22.6 Å². The van der Waals surface area contributed by atoms with E-state index in [1.165, 1.54) is 13.2 Å². The molecule has 5 nitrogen and oxygen atoms in total. The van der Waals surface area contributed by atoms with Gasteiger partial charge in [0.1, 0.15) is 18.3 Å². The molecule has 0 aliphatic rings. The van der Waals surface area contributed by atoms with Crippen LogP contribution in [0.25, 0.3) is 33.1 Å². The van der Waals surface area contributed by atoms with Gasteiger partial charge in [-0.2, -0.15) is 0 Å². The van der Waals surface area contributed by atoms with Crippen LogP contribution in [0.4, 0.5) is 0 Å². The fraction of sp³-hybridized carbons (Fsp3) is 0.0769. The van der Waals surface area contributed by atoms with E-state index in [4.69, 9.17) is 13.7 Å². The molecular formula is C26H19NO4. The number of nitrogens with zero attached hydrogens (tertiary/aromatic N) is 1. The predicted molar refractivity (Wildman–Crippen MR) is 122 cm³/mol. The first-order chi connectivity index (χ1) is 15.2. The second-order valence-electron chi connectivity index (χ2n) is 7.22. The van der Waals surface area contributed by atoms with E-state index in [1.54, 1.807) is 0 Å². The van der Waals surface area contributed by atoms with E-state index in [-0.39, 0.29) is 0 Å². The van der Waals surface area contributed by atoms with Crippen LogP contribution in [0.5, 0.6) is 0 Å². The summed E-state index contributed by atoms with van der Waals surface area (Å²) in [5.74, 6) is 0.547. The molecule has 0 radical (unpaired) electrons. The van der Waals surface area contributed by atoms with E-state index in [0.717, 1.165) is 33.0 Å². The fourth-order valence-corrected chi connectivity index (χ4v) is 3.92. The predicted octanol–water partition coefficient (Wildman–Crippen LogP) is 5.91. The van der Waals surface area contributed by atoms with Gasteiger partial charge >= 0.3 is 5.63 Å². The van der Waals surface area contributed by atoms with Crippen LogP contribution >= 0.6 is 0 Å². The second-order valence-corrected chi connectivity index (χ2v) is 7.22. The lowest BCUT2D eigenvalue weighted by Gasteiger charge is -2.08. The van der Waals surface area contributed by atoms with E-state index in [1.807, 2.05) is 79.7 Å². The first-order valence-electron chi connectivity index (χ1n) is 9.89. The van der Waals surface area contributed by atoms with Crippen molar-refractivity contribution >= 4 is 27.7 Å². The Morgan fingerprint density at radius 3 is 2.32 bits per heavy atom. The van der Waals surface area contributed by atoms with Gasteiger partial charge in [-0.25, -0.2) is 4.79 Å². The number of rotatable bonds is 4. The Labute approximate surface area is 178 Å². The number of hydrogen-bond donors (Lipinski definition) is 0. The third kappa shape index (κ3) is 3.20. The molecule has 0 bridgehead atoms. The first kappa shape index (κ1) is 18.9. The van der Waals surface area contributed by atoms with Gasteiger partial charge in [-0.1, -0.05) is 65.8 Å². The van der Waals surface area contributed by atoms with Crippen LogP contribution in [0, 0.1) is 6.92 Å². The Kier molecular flexibility index (Phi) is 4.64. The molecule has 0 fully saturated rings. The molecule has 5 rings (SSSR count). The summed E-state index contributed by atoms with van der Waals surface area (Å²) in [5.41, 5.74) is 4.69. The molecular weight excluding hydrogens is 390 g/mol. The zero-order chi connectivity index (χ0) is 21.4. The largest absolute Gasteiger partial charge is 0.453 e. The number of benzene rings is 3. The molecule has 31 heavy (non-hydrogen) atoms. The number of aryl methyl sites for hydroxylation is 1. The summed E-state index contributed by atoms with van der Waals surface area (Å²) in [7, 11) is 1.51. The van der Waals surface area contributed by atoms with Crippen molar-refractivity contribution in [1.29, 1.82) is 0 Å². The first-order valence-corrected chi connectivity index (χ1v) is 9.89. The van der Waals surface area contributed by atoms with E-state index >= 15 is 0 Å². The molecule has 0 saturated carbocycles. The second kappa shape index (κ2) is 7.61. The van der Waals surface area contributed by atoms with Gasteiger partial charge in [-0.15, -0.1) is 0 Å². The van der Waals surface area contributed by atoms with Gasteiger partial charge in [0.2, 0.25) is 0 Å². The topological polar surface area (TPSA) is 64.9 Å². The molecule has 0 amide bonds. The number of furan rings is 1. The Morgan fingerprint density at radius 1 is 0.903 bits per heavy atom. The van der Waals surface area contributed by atoms with E-state index in [9.17, 15) is 4.79 Å². The molecule has 5 heteroatoms. The average molecular weight is 409 g/mol. The normalized spacial score (nSPS) is 11.9. The molecule has 0 saturated heterocycles. The minimum Gasteiger partial charge on any atom is -0.453 e. The average Bonchev–Trinajstić information content (AvgIpc) is 3.18.